The average molecular weight is 387 g/mol. The Kier molecular flexibility index (Phi) is 4.72. The smallest absolute Gasteiger partial charge is 0.256 e. The van der Waals surface area contributed by atoms with E-state index in [0.717, 1.165) is 0 Å². The highest BCUT2D eigenvalue weighted by atomic mass is 16.5. The van der Waals surface area contributed by atoms with Gasteiger partial charge in [-0.25, -0.2) is 0 Å². The molecule has 28 heavy (non-hydrogen) atoms. The van der Waals surface area contributed by atoms with E-state index in [4.69, 9.17) is 17.6 Å². The third-order valence-corrected chi connectivity index (χ3v) is 3.99. The number of rotatable bonds is 7. The average Bonchev–Trinajstić information content (AvgIpc) is 3.00. The molecule has 0 spiro atoms. The number of carbonyl (C=O) groups is 2. The minimum absolute atomic E-state index is 0.0409. The van der Waals surface area contributed by atoms with Gasteiger partial charge >= 0.3 is 0 Å². The van der Waals surface area contributed by atoms with E-state index in [1.54, 1.807) is 0 Å². The maximum Gasteiger partial charge on any atom is 0.256 e. The standard InChI is InChI=1S/C19H19N3O6/c1-10-16(19(26)22-14(8-23)17(20)24)13-7-12(4-5-15(13)28-10)27-9-11-3-2-6-21-18(11)25/h2-7,14,23H,8-9H2,1H3,(H2,20,24)(H,21,25)(H,22,26)/t14-/m0/s1/i9D2. The maximum atomic E-state index is 12.6. The van der Waals surface area contributed by atoms with Crippen molar-refractivity contribution in [2.75, 3.05) is 6.61 Å². The molecule has 9 heteroatoms. The van der Waals surface area contributed by atoms with Crippen molar-refractivity contribution < 1.29 is 26.6 Å². The third kappa shape index (κ3) is 3.89. The number of ether oxygens (including phenoxy) is 1. The maximum absolute atomic E-state index is 12.6. The monoisotopic (exact) mass is 387 g/mol. The number of carbonyl (C=O) groups excluding carboxylic acids is 2. The SMILES string of the molecule is [2H]C([2H])(Oc1ccc2oc(C)c(C(=O)N[C@@H](CO)C(N)=O)c2c1)c1ccc[nH]c1=O. The lowest BCUT2D eigenvalue weighted by atomic mass is 10.1. The van der Waals surface area contributed by atoms with Crippen LogP contribution in [0.15, 0.2) is 45.7 Å². The number of aliphatic hydroxyl groups is 1. The zero-order valence-corrected chi connectivity index (χ0v) is 14.8. The molecular formula is C19H19N3O6. The highest BCUT2D eigenvalue weighted by Gasteiger charge is 2.23. The summed E-state index contributed by atoms with van der Waals surface area (Å²) < 4.78 is 27.1. The van der Waals surface area contributed by atoms with Crippen molar-refractivity contribution in [2.45, 2.75) is 19.5 Å². The molecule has 9 nitrogen and oxygen atoms in total. The molecule has 0 unspecified atom stereocenters. The van der Waals surface area contributed by atoms with Crippen LogP contribution < -0.4 is 21.3 Å². The molecule has 2 heterocycles. The molecule has 3 aromatic rings. The number of hydrogen-bond acceptors (Lipinski definition) is 6. The zero-order chi connectivity index (χ0) is 22.1. The van der Waals surface area contributed by atoms with E-state index in [1.165, 1.54) is 43.5 Å². The number of furan rings is 1. The fourth-order valence-corrected chi connectivity index (χ4v) is 2.60. The summed E-state index contributed by atoms with van der Waals surface area (Å²) in [6.07, 6.45) is 1.37. The molecule has 0 saturated heterocycles. The number of primary amides is 1. The van der Waals surface area contributed by atoms with Crippen molar-refractivity contribution in [1.82, 2.24) is 10.3 Å². The van der Waals surface area contributed by atoms with E-state index in [1.807, 2.05) is 0 Å². The summed E-state index contributed by atoms with van der Waals surface area (Å²) in [6.45, 7) is -1.58. The van der Waals surface area contributed by atoms with Gasteiger partial charge in [0.05, 0.1) is 20.5 Å². The Morgan fingerprint density at radius 1 is 1.43 bits per heavy atom. The van der Waals surface area contributed by atoms with Crippen LogP contribution in [0, 0.1) is 6.92 Å². The quantitative estimate of drug-likeness (QED) is 0.466. The largest absolute Gasteiger partial charge is 0.489 e. The second kappa shape index (κ2) is 7.97. The second-order valence-electron chi connectivity index (χ2n) is 5.92. The van der Waals surface area contributed by atoms with Gasteiger partial charge in [-0.05, 0) is 37.3 Å². The second-order valence-corrected chi connectivity index (χ2v) is 5.92. The minimum atomic E-state index is -2.45. The Bertz CT molecular complexity index is 1170. The highest BCUT2D eigenvalue weighted by molar-refractivity contribution is 6.08. The molecule has 5 N–H and O–H groups in total. The summed E-state index contributed by atoms with van der Waals surface area (Å²) in [5.74, 6) is -1.33. The number of fused-ring (bicyclic) bond motifs is 1. The predicted molar refractivity (Wildman–Crippen MR) is 99.9 cm³/mol. The first-order valence-corrected chi connectivity index (χ1v) is 8.25. The number of aryl methyl sites for hydroxylation is 1. The third-order valence-electron chi connectivity index (χ3n) is 3.99. The fourth-order valence-electron chi connectivity index (χ4n) is 2.60. The van der Waals surface area contributed by atoms with Crippen molar-refractivity contribution in [1.29, 1.82) is 0 Å². The first-order chi connectivity index (χ1) is 14.1. The molecule has 2 aromatic heterocycles. The first-order valence-electron chi connectivity index (χ1n) is 9.25. The molecular weight excluding hydrogens is 366 g/mol. The van der Waals surface area contributed by atoms with E-state index < -0.39 is 36.6 Å². The molecule has 0 fully saturated rings. The number of nitrogens with one attached hydrogen (secondary N) is 2. The van der Waals surface area contributed by atoms with Crippen LogP contribution >= 0.6 is 0 Å². The van der Waals surface area contributed by atoms with Crippen LogP contribution in [0.4, 0.5) is 0 Å². The van der Waals surface area contributed by atoms with Crippen molar-refractivity contribution >= 4 is 22.8 Å². The van der Waals surface area contributed by atoms with E-state index in [0.29, 0.717) is 11.0 Å². The van der Waals surface area contributed by atoms with Crippen molar-refractivity contribution in [3.05, 3.63) is 63.8 Å². The van der Waals surface area contributed by atoms with Gasteiger partial charge in [0.25, 0.3) is 11.5 Å². The summed E-state index contributed by atoms with van der Waals surface area (Å²) >= 11 is 0. The number of nitrogens with two attached hydrogens (primary N) is 1. The number of benzene rings is 1. The van der Waals surface area contributed by atoms with E-state index in [9.17, 15) is 19.5 Å². The molecule has 1 atom stereocenters. The Balaban J connectivity index is 1.97. The molecule has 0 aliphatic carbocycles. The Morgan fingerprint density at radius 2 is 2.21 bits per heavy atom. The highest BCUT2D eigenvalue weighted by Crippen LogP contribution is 2.29. The van der Waals surface area contributed by atoms with Crippen molar-refractivity contribution in [3.8, 4) is 5.75 Å². The molecule has 1 aromatic carbocycles. The summed E-state index contributed by atoms with van der Waals surface area (Å²) in [6, 6.07) is 5.80. The Labute approximate surface area is 161 Å². The first kappa shape index (κ1) is 16.6. The van der Waals surface area contributed by atoms with Gasteiger partial charge < -0.3 is 30.3 Å². The van der Waals surface area contributed by atoms with Crippen LogP contribution in [0.25, 0.3) is 11.0 Å². The molecule has 0 bridgehead atoms. The fraction of sp³-hybridized carbons (Fsp3) is 0.211. The van der Waals surface area contributed by atoms with Gasteiger partial charge in [0.1, 0.15) is 29.7 Å². The molecule has 0 aliphatic rings. The number of aliphatic hydroxyl groups excluding tert-OH is 1. The number of aromatic nitrogens is 1. The lowest BCUT2D eigenvalue weighted by molar-refractivity contribution is -0.120. The summed E-state index contributed by atoms with van der Waals surface area (Å²) in [5, 5.41) is 11.8. The lowest BCUT2D eigenvalue weighted by Gasteiger charge is -2.12. The van der Waals surface area contributed by atoms with E-state index >= 15 is 0 Å². The molecule has 2 amide bonds. The normalized spacial score (nSPS) is 13.5. The predicted octanol–water partition coefficient (Wildman–Crippen LogP) is 0.585. The van der Waals surface area contributed by atoms with E-state index in [2.05, 4.69) is 10.3 Å². The topological polar surface area (TPSA) is 148 Å². The number of hydrogen-bond donors (Lipinski definition) is 4. The van der Waals surface area contributed by atoms with Crippen LogP contribution in [-0.2, 0) is 11.4 Å². The molecule has 0 saturated carbocycles. The van der Waals surface area contributed by atoms with Crippen LogP contribution in [0.2, 0.25) is 0 Å². The Morgan fingerprint density at radius 3 is 2.89 bits per heavy atom. The van der Waals surface area contributed by atoms with Crippen LogP contribution in [-0.4, -0.2) is 34.6 Å². The van der Waals surface area contributed by atoms with Gasteiger partial charge in [0, 0.05) is 11.6 Å². The van der Waals surface area contributed by atoms with Gasteiger partial charge in [-0.1, -0.05) is 0 Å². The van der Waals surface area contributed by atoms with Gasteiger partial charge in [-0.3, -0.25) is 14.4 Å². The lowest BCUT2D eigenvalue weighted by Crippen LogP contribution is -2.46. The molecule has 0 radical (unpaired) electrons. The van der Waals surface area contributed by atoms with Gasteiger partial charge in [-0.2, -0.15) is 0 Å². The van der Waals surface area contributed by atoms with Crippen LogP contribution in [0.1, 0.15) is 24.4 Å². The van der Waals surface area contributed by atoms with Crippen LogP contribution in [0.3, 0.4) is 0 Å². The Hall–Kier alpha value is -3.59. The summed E-state index contributed by atoms with van der Waals surface area (Å²) in [5.41, 5.74) is 4.67. The number of amides is 2. The summed E-state index contributed by atoms with van der Waals surface area (Å²) in [4.78, 5) is 38.2. The number of aromatic amines is 1. The van der Waals surface area contributed by atoms with Gasteiger partial charge in [0.15, 0.2) is 0 Å². The number of H-pyrrole nitrogens is 1. The zero-order valence-electron chi connectivity index (χ0n) is 16.8. The number of pyridine rings is 1. The van der Waals surface area contributed by atoms with Gasteiger partial charge in [-0.15, -0.1) is 0 Å². The van der Waals surface area contributed by atoms with Crippen molar-refractivity contribution in [2.24, 2.45) is 5.73 Å². The molecule has 0 aliphatic heterocycles. The van der Waals surface area contributed by atoms with Crippen molar-refractivity contribution in [3.63, 3.8) is 0 Å². The van der Waals surface area contributed by atoms with Crippen LogP contribution in [0.5, 0.6) is 5.75 Å². The molecule has 3 rings (SSSR count). The summed E-state index contributed by atoms with van der Waals surface area (Å²) in [7, 11) is 0. The molecule has 146 valence electrons. The van der Waals surface area contributed by atoms with E-state index in [-0.39, 0.29) is 22.6 Å². The minimum Gasteiger partial charge on any atom is -0.489 e. The van der Waals surface area contributed by atoms with Gasteiger partial charge in [0.2, 0.25) is 5.91 Å².